The van der Waals surface area contributed by atoms with Gasteiger partial charge in [0.05, 0.1) is 5.02 Å². The Bertz CT molecular complexity index is 461. The highest BCUT2D eigenvalue weighted by molar-refractivity contribution is 6.32. The van der Waals surface area contributed by atoms with Crippen LogP contribution in [-0.4, -0.2) is 43.1 Å². The summed E-state index contributed by atoms with van der Waals surface area (Å²) in [7, 11) is 0. The summed E-state index contributed by atoms with van der Waals surface area (Å²) in [5, 5.41) is 3.44. The molecule has 1 aliphatic heterocycles. The number of hydrogen-bond acceptors (Lipinski definition) is 3. The summed E-state index contributed by atoms with van der Waals surface area (Å²) in [6, 6.07) is 7.18. The molecule has 0 radical (unpaired) electrons. The molecule has 1 amide bonds. The first-order valence-corrected chi connectivity index (χ1v) is 7.96. The molecule has 116 valence electrons. The molecule has 4 nitrogen and oxygen atoms in total. The van der Waals surface area contributed by atoms with Crippen LogP contribution in [0.1, 0.15) is 26.2 Å². The maximum Gasteiger partial charge on any atom is 0.260 e. The van der Waals surface area contributed by atoms with Gasteiger partial charge in [0.25, 0.3) is 5.91 Å². The van der Waals surface area contributed by atoms with Crippen molar-refractivity contribution in [2.45, 2.75) is 32.3 Å². The fraction of sp³-hybridized carbons (Fsp3) is 0.562. The molecular formula is C16H23ClN2O2. The number of halogens is 1. The number of rotatable bonds is 6. The molecule has 21 heavy (non-hydrogen) atoms. The van der Waals surface area contributed by atoms with E-state index in [-0.39, 0.29) is 5.91 Å². The van der Waals surface area contributed by atoms with Gasteiger partial charge in [-0.3, -0.25) is 4.79 Å². The van der Waals surface area contributed by atoms with Crippen molar-refractivity contribution in [1.82, 2.24) is 10.2 Å². The minimum Gasteiger partial charge on any atom is -0.479 e. The average molecular weight is 311 g/mol. The number of likely N-dealkylation sites (tertiary alicyclic amines) is 1. The molecule has 1 N–H and O–H groups in total. The maximum absolute atomic E-state index is 12.0. The molecular weight excluding hydrogens is 288 g/mol. The monoisotopic (exact) mass is 310 g/mol. The summed E-state index contributed by atoms with van der Waals surface area (Å²) >= 11 is 6.02. The van der Waals surface area contributed by atoms with Gasteiger partial charge in [0.15, 0.2) is 6.10 Å². The van der Waals surface area contributed by atoms with Crippen LogP contribution in [0, 0.1) is 0 Å². The van der Waals surface area contributed by atoms with Crippen molar-refractivity contribution < 1.29 is 9.53 Å². The molecule has 1 aliphatic rings. The van der Waals surface area contributed by atoms with Gasteiger partial charge in [-0.2, -0.15) is 0 Å². The molecule has 0 aliphatic carbocycles. The zero-order chi connectivity index (χ0) is 15.1. The van der Waals surface area contributed by atoms with Gasteiger partial charge >= 0.3 is 0 Å². The van der Waals surface area contributed by atoms with Gasteiger partial charge in [-0.05, 0) is 45.0 Å². The van der Waals surface area contributed by atoms with E-state index in [2.05, 4.69) is 10.2 Å². The summed E-state index contributed by atoms with van der Waals surface area (Å²) < 4.78 is 5.59. The number of para-hydroxylation sites is 1. The van der Waals surface area contributed by atoms with Gasteiger partial charge in [-0.15, -0.1) is 0 Å². The Balaban J connectivity index is 1.71. The highest BCUT2D eigenvalue weighted by Gasteiger charge is 2.16. The van der Waals surface area contributed by atoms with Gasteiger partial charge < -0.3 is 15.0 Å². The Morgan fingerprint density at radius 2 is 2.05 bits per heavy atom. The molecule has 0 bridgehead atoms. The molecule has 1 aromatic rings. The topological polar surface area (TPSA) is 41.6 Å². The number of nitrogens with zero attached hydrogens (tertiary/aromatic N) is 1. The van der Waals surface area contributed by atoms with Gasteiger partial charge in [0.1, 0.15) is 5.75 Å². The Labute approximate surface area is 131 Å². The standard InChI is InChI=1S/C16H23ClN2O2/c1-13(21-15-8-4-3-7-14(15)17)16(20)18-9-12-19-10-5-2-6-11-19/h3-4,7-8,13H,2,5-6,9-12H2,1H3,(H,18,20)/t13-/m0/s1. The van der Waals surface area contributed by atoms with Gasteiger partial charge in [0.2, 0.25) is 0 Å². The van der Waals surface area contributed by atoms with E-state index < -0.39 is 6.10 Å². The first-order chi connectivity index (χ1) is 10.2. The van der Waals surface area contributed by atoms with Crippen LogP contribution in [0.4, 0.5) is 0 Å². The normalized spacial score (nSPS) is 17.2. The van der Waals surface area contributed by atoms with Crippen LogP contribution in [0.2, 0.25) is 5.02 Å². The number of ether oxygens (including phenoxy) is 1. The number of hydrogen-bond donors (Lipinski definition) is 1. The van der Waals surface area contributed by atoms with E-state index in [0.29, 0.717) is 17.3 Å². The van der Waals surface area contributed by atoms with Crippen molar-refractivity contribution in [3.8, 4) is 5.75 Å². The van der Waals surface area contributed by atoms with E-state index in [1.807, 2.05) is 12.1 Å². The minimum atomic E-state index is -0.550. The van der Waals surface area contributed by atoms with Crippen LogP contribution < -0.4 is 10.1 Å². The van der Waals surface area contributed by atoms with E-state index in [9.17, 15) is 4.79 Å². The second-order valence-electron chi connectivity index (χ2n) is 5.38. The quantitative estimate of drug-likeness (QED) is 0.878. The van der Waals surface area contributed by atoms with Gasteiger partial charge in [-0.1, -0.05) is 30.2 Å². The fourth-order valence-corrected chi connectivity index (χ4v) is 2.63. The molecule has 0 spiro atoms. The van der Waals surface area contributed by atoms with Crippen LogP contribution in [0.15, 0.2) is 24.3 Å². The van der Waals surface area contributed by atoms with Gasteiger partial charge in [-0.25, -0.2) is 0 Å². The first-order valence-electron chi connectivity index (χ1n) is 7.58. The summed E-state index contributed by atoms with van der Waals surface area (Å²) in [5.74, 6) is 0.435. The number of amides is 1. The number of nitrogens with one attached hydrogen (secondary N) is 1. The molecule has 1 fully saturated rings. The zero-order valence-corrected chi connectivity index (χ0v) is 13.2. The summed E-state index contributed by atoms with van der Waals surface area (Å²) in [6.07, 6.45) is 3.30. The molecule has 0 aromatic heterocycles. The summed E-state index contributed by atoms with van der Waals surface area (Å²) in [6.45, 7) is 5.59. The third-order valence-electron chi connectivity index (χ3n) is 3.69. The van der Waals surface area contributed by atoms with Gasteiger partial charge in [0, 0.05) is 13.1 Å². The third-order valence-corrected chi connectivity index (χ3v) is 4.00. The second kappa shape index (κ2) is 8.25. The van der Waals surface area contributed by atoms with E-state index >= 15 is 0 Å². The lowest BCUT2D eigenvalue weighted by Crippen LogP contribution is -2.42. The lowest BCUT2D eigenvalue weighted by molar-refractivity contribution is -0.127. The summed E-state index contributed by atoms with van der Waals surface area (Å²) in [5.41, 5.74) is 0. The van der Waals surface area contributed by atoms with Crippen molar-refractivity contribution in [1.29, 1.82) is 0 Å². The van der Waals surface area contributed by atoms with Crippen molar-refractivity contribution in [3.05, 3.63) is 29.3 Å². The predicted octanol–water partition coefficient (Wildman–Crippen LogP) is 2.71. The molecule has 1 saturated heterocycles. The minimum absolute atomic E-state index is 0.105. The van der Waals surface area contributed by atoms with Crippen molar-refractivity contribution in [2.24, 2.45) is 0 Å². The number of carbonyl (C=O) groups excluding carboxylic acids is 1. The first kappa shape index (κ1) is 16.1. The van der Waals surface area contributed by atoms with E-state index in [1.54, 1.807) is 19.1 Å². The molecule has 1 heterocycles. The Hall–Kier alpha value is -1.26. The number of piperidine rings is 1. The lowest BCUT2D eigenvalue weighted by Gasteiger charge is -2.26. The molecule has 1 atom stereocenters. The SMILES string of the molecule is C[C@H](Oc1ccccc1Cl)C(=O)NCCN1CCCCC1. The zero-order valence-electron chi connectivity index (χ0n) is 12.5. The fourth-order valence-electron chi connectivity index (χ4n) is 2.45. The molecule has 0 saturated carbocycles. The van der Waals surface area contributed by atoms with Crippen LogP contribution in [-0.2, 0) is 4.79 Å². The van der Waals surface area contributed by atoms with Crippen LogP contribution in [0.5, 0.6) is 5.75 Å². The lowest BCUT2D eigenvalue weighted by atomic mass is 10.1. The van der Waals surface area contributed by atoms with Crippen molar-refractivity contribution in [2.75, 3.05) is 26.2 Å². The van der Waals surface area contributed by atoms with Crippen molar-refractivity contribution in [3.63, 3.8) is 0 Å². The van der Waals surface area contributed by atoms with Crippen LogP contribution in [0.3, 0.4) is 0 Å². The Morgan fingerprint density at radius 3 is 2.76 bits per heavy atom. The second-order valence-corrected chi connectivity index (χ2v) is 5.79. The van der Waals surface area contributed by atoms with Crippen LogP contribution >= 0.6 is 11.6 Å². The van der Waals surface area contributed by atoms with E-state index in [0.717, 1.165) is 19.6 Å². The maximum atomic E-state index is 12.0. The third kappa shape index (κ3) is 5.21. The largest absolute Gasteiger partial charge is 0.479 e. The number of benzene rings is 1. The smallest absolute Gasteiger partial charge is 0.260 e. The average Bonchev–Trinajstić information content (AvgIpc) is 2.50. The molecule has 2 rings (SSSR count). The summed E-state index contributed by atoms with van der Waals surface area (Å²) in [4.78, 5) is 14.4. The van der Waals surface area contributed by atoms with E-state index in [1.165, 1.54) is 19.3 Å². The number of carbonyl (C=O) groups is 1. The Morgan fingerprint density at radius 1 is 1.33 bits per heavy atom. The van der Waals surface area contributed by atoms with Crippen molar-refractivity contribution >= 4 is 17.5 Å². The highest BCUT2D eigenvalue weighted by Crippen LogP contribution is 2.24. The van der Waals surface area contributed by atoms with E-state index in [4.69, 9.17) is 16.3 Å². The molecule has 1 aromatic carbocycles. The molecule has 0 unspecified atom stereocenters. The Kier molecular flexibility index (Phi) is 6.33. The molecule has 5 heteroatoms. The highest BCUT2D eigenvalue weighted by atomic mass is 35.5. The van der Waals surface area contributed by atoms with Crippen LogP contribution in [0.25, 0.3) is 0 Å². The predicted molar refractivity (Wildman–Crippen MR) is 84.8 cm³/mol.